The largest absolute Gasteiger partial charge is 0.461 e. The van der Waals surface area contributed by atoms with Gasteiger partial charge in [0.1, 0.15) is 41.5 Å². The molecule has 0 aliphatic carbocycles. The van der Waals surface area contributed by atoms with E-state index in [1.807, 2.05) is 4.90 Å². The Balaban J connectivity index is 1.43. The number of fused-ring (bicyclic) bond motifs is 2. The van der Waals surface area contributed by atoms with Crippen molar-refractivity contribution in [1.29, 1.82) is 0 Å². The number of nitrogen functional groups attached to an aromatic ring is 1. The van der Waals surface area contributed by atoms with E-state index in [1.165, 1.54) is 12.3 Å². The maximum Gasteiger partial charge on any atom is 0.421 e. The quantitative estimate of drug-likeness (QED) is 0.346. The second kappa shape index (κ2) is 10.1. The zero-order valence-corrected chi connectivity index (χ0v) is 21.6. The number of rotatable bonds is 5. The van der Waals surface area contributed by atoms with Gasteiger partial charge in [-0.15, -0.1) is 0 Å². The number of ether oxygens (including phenoxy) is 1. The normalized spacial score (nSPS) is 23.5. The van der Waals surface area contributed by atoms with Crippen molar-refractivity contribution in [3.8, 4) is 17.4 Å². The van der Waals surface area contributed by atoms with E-state index < -0.39 is 40.8 Å². The van der Waals surface area contributed by atoms with Crippen LogP contribution in [0, 0.1) is 5.82 Å². The van der Waals surface area contributed by atoms with Crippen LogP contribution in [-0.4, -0.2) is 69.3 Å². The number of hydrogen-bond acceptors (Lipinski definition) is 8. The van der Waals surface area contributed by atoms with Crippen LogP contribution < -0.4 is 15.4 Å². The summed E-state index contributed by atoms with van der Waals surface area (Å²) in [5.41, 5.74) is 2.90. The van der Waals surface area contributed by atoms with Crippen molar-refractivity contribution in [3.05, 3.63) is 41.9 Å². The molecule has 0 bridgehead atoms. The van der Waals surface area contributed by atoms with Gasteiger partial charge < -0.3 is 15.4 Å². The number of nitrogens with two attached hydrogens (primary N) is 1. The summed E-state index contributed by atoms with van der Waals surface area (Å²) in [6, 6.07) is 1.87. The average Bonchev–Trinajstić information content (AvgIpc) is 3.27. The van der Waals surface area contributed by atoms with Gasteiger partial charge in [0.05, 0.1) is 22.1 Å². The van der Waals surface area contributed by atoms with E-state index in [2.05, 4.69) is 37.0 Å². The molecule has 0 saturated carbocycles. The van der Waals surface area contributed by atoms with Crippen molar-refractivity contribution in [2.45, 2.75) is 50.0 Å². The topological polar surface area (TPSA) is 93.3 Å². The van der Waals surface area contributed by atoms with E-state index in [4.69, 9.17) is 10.5 Å². The highest BCUT2D eigenvalue weighted by atomic mass is 19.4. The lowest BCUT2D eigenvalue weighted by Gasteiger charge is -2.31. The fourth-order valence-electron chi connectivity index (χ4n) is 6.08. The molecule has 40 heavy (non-hydrogen) atoms. The van der Waals surface area contributed by atoms with E-state index in [-0.39, 0.29) is 23.8 Å². The molecule has 8 nitrogen and oxygen atoms in total. The van der Waals surface area contributed by atoms with Crippen LogP contribution in [0.15, 0.2) is 30.5 Å². The molecule has 2 atom stereocenters. The maximum atomic E-state index is 14.4. The van der Waals surface area contributed by atoms with Crippen LogP contribution in [-0.2, 0) is 6.18 Å². The van der Waals surface area contributed by atoms with Crippen LogP contribution in [0.2, 0.25) is 0 Å². The van der Waals surface area contributed by atoms with E-state index in [0.29, 0.717) is 43.3 Å². The minimum Gasteiger partial charge on any atom is -0.461 e. The molecule has 6 heterocycles. The van der Waals surface area contributed by atoms with Crippen LogP contribution in [0.3, 0.4) is 0 Å². The Labute approximate surface area is 227 Å². The molecule has 13 heteroatoms. The molecule has 2 unspecified atom stereocenters. The number of alkyl halides is 4. The highest BCUT2D eigenvalue weighted by Crippen LogP contribution is 2.41. The van der Waals surface area contributed by atoms with Crippen molar-refractivity contribution < 1.29 is 26.7 Å². The molecular formula is C27H28F5N7O. The van der Waals surface area contributed by atoms with Crippen molar-refractivity contribution in [1.82, 2.24) is 24.8 Å². The first-order chi connectivity index (χ1) is 19.1. The Morgan fingerprint density at radius 2 is 1.85 bits per heavy atom. The number of anilines is 2. The molecule has 0 radical (unpaired) electrons. The van der Waals surface area contributed by atoms with Gasteiger partial charge in [-0.1, -0.05) is 12.2 Å². The minimum absolute atomic E-state index is 0.0307. The second-order valence-corrected chi connectivity index (χ2v) is 10.6. The summed E-state index contributed by atoms with van der Waals surface area (Å²) in [5, 5.41) is 0.501. The Bertz CT molecular complexity index is 1460. The predicted molar refractivity (Wildman–Crippen MR) is 139 cm³/mol. The predicted octanol–water partition coefficient (Wildman–Crippen LogP) is 4.94. The van der Waals surface area contributed by atoms with Gasteiger partial charge in [-0.05, 0) is 38.3 Å². The van der Waals surface area contributed by atoms with E-state index in [1.54, 1.807) is 0 Å². The summed E-state index contributed by atoms with van der Waals surface area (Å²) < 4.78 is 76.2. The van der Waals surface area contributed by atoms with Gasteiger partial charge in [0.15, 0.2) is 0 Å². The van der Waals surface area contributed by atoms with Crippen molar-refractivity contribution in [3.63, 3.8) is 0 Å². The summed E-state index contributed by atoms with van der Waals surface area (Å²) in [6.07, 6.45) is 3.25. The third kappa shape index (κ3) is 4.91. The van der Waals surface area contributed by atoms with Gasteiger partial charge in [-0.25, -0.2) is 13.8 Å². The number of halogens is 5. The van der Waals surface area contributed by atoms with Crippen LogP contribution in [0.5, 0.6) is 6.01 Å². The molecule has 3 aromatic rings. The molecule has 6 rings (SSSR count). The fourth-order valence-corrected chi connectivity index (χ4v) is 6.08. The second-order valence-electron chi connectivity index (χ2n) is 10.6. The lowest BCUT2D eigenvalue weighted by Crippen LogP contribution is -2.43. The average molecular weight is 562 g/mol. The SMILES string of the molecule is Nc1cc(F)c(C(F)(F)F)c(-c2cc3nc(OCC45CCCN4CC(F)C5)nc(N4CCC=CCC4)c3cn2)n1. The summed E-state index contributed by atoms with van der Waals surface area (Å²) in [5.74, 6) is -1.42. The summed E-state index contributed by atoms with van der Waals surface area (Å²) in [6.45, 7) is 2.68. The lowest BCUT2D eigenvalue weighted by atomic mass is 9.95. The molecular weight excluding hydrogens is 533 g/mol. The van der Waals surface area contributed by atoms with Gasteiger partial charge in [0.25, 0.3) is 0 Å². The molecule has 3 aliphatic heterocycles. The van der Waals surface area contributed by atoms with E-state index in [0.717, 1.165) is 32.2 Å². The van der Waals surface area contributed by atoms with Gasteiger partial charge >= 0.3 is 12.2 Å². The molecule has 2 N–H and O–H groups in total. The van der Waals surface area contributed by atoms with Crippen LogP contribution in [0.1, 0.15) is 37.7 Å². The summed E-state index contributed by atoms with van der Waals surface area (Å²) >= 11 is 0. The third-order valence-electron chi connectivity index (χ3n) is 7.89. The van der Waals surface area contributed by atoms with Crippen LogP contribution >= 0.6 is 0 Å². The van der Waals surface area contributed by atoms with Crippen molar-refractivity contribution >= 4 is 22.5 Å². The molecule has 2 saturated heterocycles. The fraction of sp³-hybridized carbons (Fsp3) is 0.481. The molecule has 212 valence electrons. The number of pyridine rings is 2. The minimum atomic E-state index is -5.02. The molecule has 3 aliphatic rings. The van der Waals surface area contributed by atoms with Crippen molar-refractivity contribution in [2.75, 3.05) is 43.4 Å². The van der Waals surface area contributed by atoms with Gasteiger partial charge in [-0.3, -0.25) is 9.88 Å². The maximum absolute atomic E-state index is 14.4. The first-order valence-corrected chi connectivity index (χ1v) is 13.3. The van der Waals surface area contributed by atoms with Crippen LogP contribution in [0.25, 0.3) is 22.3 Å². The molecule has 0 amide bonds. The van der Waals surface area contributed by atoms with E-state index >= 15 is 0 Å². The molecule has 0 spiro atoms. The van der Waals surface area contributed by atoms with Gasteiger partial charge in [0.2, 0.25) is 0 Å². The first kappa shape index (κ1) is 26.6. The smallest absolute Gasteiger partial charge is 0.421 e. The Morgan fingerprint density at radius 1 is 1.07 bits per heavy atom. The monoisotopic (exact) mass is 561 g/mol. The first-order valence-electron chi connectivity index (χ1n) is 13.3. The third-order valence-corrected chi connectivity index (χ3v) is 7.89. The number of aromatic nitrogens is 4. The zero-order valence-electron chi connectivity index (χ0n) is 21.6. The summed E-state index contributed by atoms with van der Waals surface area (Å²) in [7, 11) is 0. The summed E-state index contributed by atoms with van der Waals surface area (Å²) in [4.78, 5) is 21.3. The lowest BCUT2D eigenvalue weighted by molar-refractivity contribution is -0.139. The number of hydrogen-bond donors (Lipinski definition) is 1. The molecule has 3 aromatic heterocycles. The standard InChI is InChI=1S/C27H28F5N7O/c28-16-12-26(6-5-9-39(26)14-16)15-40-25-35-19-11-20(23-22(27(30,31)32)18(29)10-21(33)36-23)34-13-17(19)24(37-25)38-7-3-1-2-4-8-38/h1-2,10-11,13,16H,3-9,12,14-15H2,(H2,33,36). The Hall–Kier alpha value is -3.61. The molecule has 0 aromatic carbocycles. The zero-order chi connectivity index (χ0) is 28.1. The number of nitrogens with zero attached hydrogens (tertiary/aromatic N) is 6. The van der Waals surface area contributed by atoms with Gasteiger partial charge in [0, 0.05) is 38.3 Å². The Morgan fingerprint density at radius 3 is 2.60 bits per heavy atom. The van der Waals surface area contributed by atoms with E-state index in [9.17, 15) is 22.0 Å². The highest BCUT2D eigenvalue weighted by Gasteiger charge is 2.49. The van der Waals surface area contributed by atoms with Crippen LogP contribution in [0.4, 0.5) is 33.6 Å². The van der Waals surface area contributed by atoms with Gasteiger partial charge in [-0.2, -0.15) is 23.1 Å². The van der Waals surface area contributed by atoms with Crippen molar-refractivity contribution in [2.24, 2.45) is 0 Å². The molecule has 2 fully saturated rings. The highest BCUT2D eigenvalue weighted by molar-refractivity contribution is 5.91. The Kier molecular flexibility index (Phi) is 6.71.